The number of hydrogen-bond acceptors (Lipinski definition) is 6. The molecule has 3 rings (SSSR count). The molecule has 9 nitrogen and oxygen atoms in total. The Bertz CT molecular complexity index is 832. The lowest BCUT2D eigenvalue weighted by atomic mass is 10.1. The van der Waals surface area contributed by atoms with Crippen LogP contribution in [0.2, 0.25) is 0 Å². The number of nitrogens with zero attached hydrogens (tertiary/aromatic N) is 4. The number of carbonyl (C=O) groups is 3. The average molecular weight is 390 g/mol. The maximum atomic E-state index is 12.5. The number of urea groups is 1. The molecule has 2 aromatic heterocycles. The first kappa shape index (κ1) is 19.0. The first-order valence-electron chi connectivity index (χ1n) is 8.70. The number of nitrogens with one attached hydrogen (secondary N) is 2. The SMILES string of the molecule is CC(C)n1cc(C[C@H]2NC(=O)N(CC(=O)N[C@@H](C)c3cccs3)C2=O)nn1. The van der Waals surface area contributed by atoms with E-state index in [0.29, 0.717) is 5.69 Å². The van der Waals surface area contributed by atoms with E-state index in [0.717, 1.165) is 9.78 Å². The zero-order chi connectivity index (χ0) is 19.6. The highest BCUT2D eigenvalue weighted by molar-refractivity contribution is 7.10. The van der Waals surface area contributed by atoms with E-state index in [1.165, 1.54) is 11.3 Å². The summed E-state index contributed by atoms with van der Waals surface area (Å²) < 4.78 is 1.69. The summed E-state index contributed by atoms with van der Waals surface area (Å²) in [5, 5.41) is 15.4. The molecule has 10 heteroatoms. The van der Waals surface area contributed by atoms with Crippen LogP contribution < -0.4 is 10.6 Å². The Balaban J connectivity index is 1.57. The van der Waals surface area contributed by atoms with Gasteiger partial charge in [-0.15, -0.1) is 16.4 Å². The van der Waals surface area contributed by atoms with Gasteiger partial charge in [-0.05, 0) is 32.2 Å². The van der Waals surface area contributed by atoms with Crippen molar-refractivity contribution in [1.82, 2.24) is 30.5 Å². The van der Waals surface area contributed by atoms with E-state index in [1.54, 1.807) is 10.9 Å². The lowest BCUT2D eigenvalue weighted by Gasteiger charge is -2.16. The highest BCUT2D eigenvalue weighted by Gasteiger charge is 2.39. The molecule has 4 amide bonds. The Kier molecular flexibility index (Phi) is 5.54. The van der Waals surface area contributed by atoms with Crippen LogP contribution in [0.15, 0.2) is 23.7 Å². The number of amides is 4. The number of hydrogen-bond donors (Lipinski definition) is 2. The number of aromatic nitrogens is 3. The highest BCUT2D eigenvalue weighted by atomic mass is 32.1. The molecule has 2 atom stereocenters. The summed E-state index contributed by atoms with van der Waals surface area (Å²) in [5.74, 6) is -0.816. The van der Waals surface area contributed by atoms with E-state index in [4.69, 9.17) is 0 Å². The van der Waals surface area contributed by atoms with Crippen molar-refractivity contribution in [3.63, 3.8) is 0 Å². The number of imide groups is 1. The summed E-state index contributed by atoms with van der Waals surface area (Å²) in [4.78, 5) is 38.8. The van der Waals surface area contributed by atoms with Crippen LogP contribution in [0.4, 0.5) is 4.79 Å². The zero-order valence-electron chi connectivity index (χ0n) is 15.4. The van der Waals surface area contributed by atoms with Crippen molar-refractivity contribution < 1.29 is 14.4 Å². The standard InChI is InChI=1S/C17H22N6O3S/c1-10(2)23-8-12(20-21-23)7-13-16(25)22(17(26)19-13)9-15(24)18-11(3)14-5-4-6-27-14/h4-6,8,10-11,13H,7,9H2,1-3H3,(H,18,24)(H,19,26)/t11-,13+/m0/s1. The monoisotopic (exact) mass is 390 g/mol. The van der Waals surface area contributed by atoms with Crippen molar-refractivity contribution in [3.8, 4) is 0 Å². The van der Waals surface area contributed by atoms with Crippen LogP contribution in [0.3, 0.4) is 0 Å². The summed E-state index contributed by atoms with van der Waals surface area (Å²) in [6.07, 6.45) is 1.99. The van der Waals surface area contributed by atoms with Gasteiger partial charge >= 0.3 is 6.03 Å². The Morgan fingerprint density at radius 1 is 1.37 bits per heavy atom. The summed E-state index contributed by atoms with van der Waals surface area (Å²) in [6.45, 7) is 5.49. The van der Waals surface area contributed by atoms with Gasteiger partial charge in [0.15, 0.2) is 0 Å². The molecule has 1 aliphatic heterocycles. The maximum absolute atomic E-state index is 12.5. The Hall–Kier alpha value is -2.75. The van der Waals surface area contributed by atoms with Crippen molar-refractivity contribution in [1.29, 1.82) is 0 Å². The topological polar surface area (TPSA) is 109 Å². The molecule has 2 aromatic rings. The van der Waals surface area contributed by atoms with Gasteiger partial charge in [0, 0.05) is 23.5 Å². The van der Waals surface area contributed by atoms with Crippen LogP contribution in [0.1, 0.15) is 43.4 Å². The summed E-state index contributed by atoms with van der Waals surface area (Å²) >= 11 is 1.53. The first-order valence-corrected chi connectivity index (χ1v) is 9.58. The van der Waals surface area contributed by atoms with E-state index < -0.39 is 18.0 Å². The molecule has 3 heterocycles. The first-order chi connectivity index (χ1) is 12.8. The lowest BCUT2D eigenvalue weighted by Crippen LogP contribution is -2.41. The largest absolute Gasteiger partial charge is 0.347 e. The minimum Gasteiger partial charge on any atom is -0.347 e. The van der Waals surface area contributed by atoms with Crippen LogP contribution in [0.25, 0.3) is 0 Å². The minimum atomic E-state index is -0.739. The average Bonchev–Trinajstić information content (AvgIpc) is 3.33. The fraction of sp³-hybridized carbons (Fsp3) is 0.471. The molecule has 0 aliphatic carbocycles. The highest BCUT2D eigenvalue weighted by Crippen LogP contribution is 2.18. The molecule has 0 saturated carbocycles. The van der Waals surface area contributed by atoms with E-state index in [2.05, 4.69) is 20.9 Å². The number of carbonyl (C=O) groups excluding carboxylic acids is 3. The summed E-state index contributed by atoms with van der Waals surface area (Å²) in [6, 6.07) is 2.49. The van der Waals surface area contributed by atoms with Gasteiger partial charge < -0.3 is 10.6 Å². The Labute approximate surface area is 160 Å². The smallest absolute Gasteiger partial charge is 0.325 e. The van der Waals surface area contributed by atoms with Gasteiger partial charge in [0.1, 0.15) is 12.6 Å². The van der Waals surface area contributed by atoms with E-state index in [9.17, 15) is 14.4 Å². The quantitative estimate of drug-likeness (QED) is 0.692. The van der Waals surface area contributed by atoms with E-state index >= 15 is 0 Å². The van der Waals surface area contributed by atoms with Gasteiger partial charge in [0.2, 0.25) is 5.91 Å². The van der Waals surface area contributed by atoms with Crippen LogP contribution >= 0.6 is 11.3 Å². The van der Waals surface area contributed by atoms with Crippen LogP contribution in [0.5, 0.6) is 0 Å². The number of rotatable bonds is 7. The molecule has 1 saturated heterocycles. The second-order valence-corrected chi connectivity index (χ2v) is 7.70. The van der Waals surface area contributed by atoms with E-state index in [1.807, 2.05) is 38.3 Å². The van der Waals surface area contributed by atoms with Crippen molar-refractivity contribution in [2.75, 3.05) is 6.54 Å². The van der Waals surface area contributed by atoms with E-state index in [-0.39, 0.29) is 31.0 Å². The van der Waals surface area contributed by atoms with Gasteiger partial charge in [0.05, 0.1) is 11.7 Å². The molecular formula is C17H22N6O3S. The molecule has 0 spiro atoms. The summed E-state index contributed by atoms with van der Waals surface area (Å²) in [5.41, 5.74) is 0.611. The molecule has 2 N–H and O–H groups in total. The van der Waals surface area contributed by atoms with Gasteiger partial charge in [-0.2, -0.15) is 0 Å². The third-order valence-electron chi connectivity index (χ3n) is 4.26. The second-order valence-electron chi connectivity index (χ2n) is 6.72. The molecule has 1 aliphatic rings. The minimum absolute atomic E-state index is 0.158. The molecule has 1 fully saturated rings. The third-order valence-corrected chi connectivity index (χ3v) is 5.31. The molecule has 0 radical (unpaired) electrons. The molecule has 0 bridgehead atoms. The predicted octanol–water partition coefficient (Wildman–Crippen LogP) is 1.26. The van der Waals surface area contributed by atoms with Gasteiger partial charge in [-0.1, -0.05) is 11.3 Å². The molecule has 0 unspecified atom stereocenters. The maximum Gasteiger partial charge on any atom is 0.325 e. The van der Waals surface area contributed by atoms with Crippen LogP contribution in [-0.4, -0.2) is 50.3 Å². The van der Waals surface area contributed by atoms with Gasteiger partial charge in [-0.3, -0.25) is 14.5 Å². The zero-order valence-corrected chi connectivity index (χ0v) is 16.2. The van der Waals surface area contributed by atoms with Crippen molar-refractivity contribution in [2.45, 2.75) is 45.3 Å². The third kappa shape index (κ3) is 4.33. The Morgan fingerprint density at radius 3 is 2.78 bits per heavy atom. The fourth-order valence-corrected chi connectivity index (χ4v) is 3.51. The second kappa shape index (κ2) is 7.87. The molecule has 144 valence electrons. The molecular weight excluding hydrogens is 368 g/mol. The summed E-state index contributed by atoms with van der Waals surface area (Å²) in [7, 11) is 0. The normalized spacial score (nSPS) is 18.1. The molecule has 0 aromatic carbocycles. The van der Waals surface area contributed by atoms with Crippen LogP contribution in [-0.2, 0) is 16.0 Å². The fourth-order valence-electron chi connectivity index (χ4n) is 2.77. The molecule has 27 heavy (non-hydrogen) atoms. The Morgan fingerprint density at radius 2 is 2.15 bits per heavy atom. The number of thiophene rings is 1. The van der Waals surface area contributed by atoms with Gasteiger partial charge in [-0.25, -0.2) is 9.48 Å². The van der Waals surface area contributed by atoms with Crippen molar-refractivity contribution in [2.24, 2.45) is 0 Å². The predicted molar refractivity (Wildman–Crippen MR) is 99.0 cm³/mol. The van der Waals surface area contributed by atoms with Crippen LogP contribution in [0, 0.1) is 0 Å². The van der Waals surface area contributed by atoms with Crippen molar-refractivity contribution in [3.05, 3.63) is 34.3 Å². The van der Waals surface area contributed by atoms with Gasteiger partial charge in [0.25, 0.3) is 5.91 Å². The van der Waals surface area contributed by atoms with Crippen molar-refractivity contribution >= 4 is 29.2 Å². The lowest BCUT2D eigenvalue weighted by molar-refractivity contribution is -0.132.